The summed E-state index contributed by atoms with van der Waals surface area (Å²) in [7, 11) is 0. The van der Waals surface area contributed by atoms with Crippen LogP contribution in [0.2, 0.25) is 0 Å². The maximum absolute atomic E-state index is 12.7. The summed E-state index contributed by atoms with van der Waals surface area (Å²) in [5.74, 6) is -1.46. The van der Waals surface area contributed by atoms with Gasteiger partial charge in [0.05, 0.1) is 18.8 Å². The minimum Gasteiger partial charge on any atom is -0.494 e. The van der Waals surface area contributed by atoms with E-state index >= 15 is 0 Å². The van der Waals surface area contributed by atoms with Crippen molar-refractivity contribution in [3.63, 3.8) is 0 Å². The van der Waals surface area contributed by atoms with Gasteiger partial charge in [-0.1, -0.05) is 6.42 Å². The third-order valence-corrected chi connectivity index (χ3v) is 4.86. The molecule has 1 unspecified atom stereocenters. The molecule has 1 atom stereocenters. The molecule has 2 rings (SSSR count). The van der Waals surface area contributed by atoms with Crippen molar-refractivity contribution in [2.75, 3.05) is 32.9 Å². The van der Waals surface area contributed by atoms with Gasteiger partial charge in [-0.25, -0.2) is 0 Å². The van der Waals surface area contributed by atoms with Crippen LogP contribution in [0.5, 0.6) is 11.5 Å². The number of alkyl halides is 3. The summed E-state index contributed by atoms with van der Waals surface area (Å²) in [5, 5.41) is 13.5. The number of carboxylic acid groups (broad SMARTS) is 1. The van der Waals surface area contributed by atoms with Gasteiger partial charge in [0.2, 0.25) is 0 Å². The molecule has 0 saturated carbocycles. The number of benzene rings is 1. The van der Waals surface area contributed by atoms with Gasteiger partial charge >= 0.3 is 12.1 Å². The number of esters is 1. The second kappa shape index (κ2) is 16.6. The number of carbonyl (C=O) groups is 3. The number of carboxylic acids is 1. The normalized spacial score (nSPS) is 15.2. The van der Waals surface area contributed by atoms with Crippen molar-refractivity contribution in [3.8, 4) is 11.5 Å². The van der Waals surface area contributed by atoms with E-state index in [1.165, 1.54) is 18.2 Å². The Labute approximate surface area is 208 Å². The number of ether oxygens (including phenoxy) is 3. The monoisotopic (exact) mass is 520 g/mol. The lowest BCUT2D eigenvalue weighted by Crippen LogP contribution is -2.43. The molecule has 1 aromatic rings. The first-order valence-electron chi connectivity index (χ1n) is 11.8. The summed E-state index contributed by atoms with van der Waals surface area (Å²) in [6.07, 6.45) is -0.00974. The van der Waals surface area contributed by atoms with Crippen molar-refractivity contribution < 1.29 is 46.9 Å². The molecule has 1 aliphatic heterocycles. The SMILES string of the molecule is CC(=O)O.CCOC(=O)CCCCOc1ccc(OCC(F)(F)F)c(C(=O)NCC2CCCCN2)c1. The molecule has 0 bridgehead atoms. The van der Waals surface area contributed by atoms with Crippen LogP contribution >= 0.6 is 0 Å². The number of rotatable bonds is 12. The van der Waals surface area contributed by atoms with Gasteiger partial charge in [-0.05, 0) is 57.4 Å². The first-order valence-corrected chi connectivity index (χ1v) is 11.8. The van der Waals surface area contributed by atoms with Crippen LogP contribution in [0.4, 0.5) is 13.2 Å². The van der Waals surface area contributed by atoms with Gasteiger partial charge in [0, 0.05) is 25.9 Å². The van der Waals surface area contributed by atoms with Gasteiger partial charge in [-0.3, -0.25) is 14.4 Å². The van der Waals surface area contributed by atoms with E-state index in [-0.39, 0.29) is 36.4 Å². The van der Waals surface area contributed by atoms with E-state index in [0.717, 1.165) is 32.7 Å². The minimum absolute atomic E-state index is 0.0194. The van der Waals surface area contributed by atoms with Crippen LogP contribution in [-0.2, 0) is 14.3 Å². The standard InChI is InChI=1S/C22H31F3N2O5.C2H4O2/c1-2-30-20(28)8-4-6-12-31-17-9-10-19(32-15-22(23,24)25)18(13-17)21(29)27-14-16-7-3-5-11-26-16;1-2(3)4/h9-10,13,16,26H,2-8,11-12,14-15H2,1H3,(H,27,29);1H3,(H,3,4). The molecule has 1 fully saturated rings. The van der Waals surface area contributed by atoms with Crippen LogP contribution in [0.15, 0.2) is 18.2 Å². The fourth-order valence-electron chi connectivity index (χ4n) is 3.27. The number of carbonyl (C=O) groups excluding carboxylic acids is 2. The van der Waals surface area contributed by atoms with Crippen molar-refractivity contribution in [1.29, 1.82) is 0 Å². The molecular formula is C24H35F3N2O7. The third-order valence-electron chi connectivity index (χ3n) is 4.86. The molecule has 0 aliphatic carbocycles. The average Bonchev–Trinajstić information content (AvgIpc) is 2.81. The molecular weight excluding hydrogens is 485 g/mol. The number of amides is 1. The second-order valence-electron chi connectivity index (χ2n) is 8.05. The van der Waals surface area contributed by atoms with Crippen molar-refractivity contribution >= 4 is 17.8 Å². The number of piperidine rings is 1. The molecule has 0 radical (unpaired) electrons. The molecule has 36 heavy (non-hydrogen) atoms. The highest BCUT2D eigenvalue weighted by Crippen LogP contribution is 2.27. The first-order chi connectivity index (χ1) is 17.0. The van der Waals surface area contributed by atoms with E-state index in [2.05, 4.69) is 10.6 Å². The molecule has 1 aliphatic rings. The average molecular weight is 521 g/mol. The van der Waals surface area contributed by atoms with Crippen molar-refractivity contribution in [2.24, 2.45) is 0 Å². The maximum atomic E-state index is 12.7. The Morgan fingerprint density at radius 1 is 1.17 bits per heavy atom. The lowest BCUT2D eigenvalue weighted by atomic mass is 10.0. The molecule has 3 N–H and O–H groups in total. The summed E-state index contributed by atoms with van der Waals surface area (Å²) in [6, 6.07) is 4.26. The summed E-state index contributed by atoms with van der Waals surface area (Å²) >= 11 is 0. The number of hydrogen-bond acceptors (Lipinski definition) is 7. The van der Waals surface area contributed by atoms with E-state index in [0.29, 0.717) is 31.7 Å². The smallest absolute Gasteiger partial charge is 0.422 e. The molecule has 1 amide bonds. The van der Waals surface area contributed by atoms with E-state index < -0.39 is 24.7 Å². The Morgan fingerprint density at radius 2 is 1.89 bits per heavy atom. The molecule has 1 saturated heterocycles. The highest BCUT2D eigenvalue weighted by Gasteiger charge is 2.29. The van der Waals surface area contributed by atoms with Crippen molar-refractivity contribution in [3.05, 3.63) is 23.8 Å². The number of unbranched alkanes of at least 4 members (excludes halogenated alkanes) is 1. The summed E-state index contributed by atoms with van der Waals surface area (Å²) < 4.78 is 53.1. The van der Waals surface area contributed by atoms with Crippen LogP contribution in [0, 0.1) is 0 Å². The lowest BCUT2D eigenvalue weighted by Gasteiger charge is -2.24. The van der Waals surface area contributed by atoms with Gasteiger partial charge in [0.15, 0.2) is 6.61 Å². The van der Waals surface area contributed by atoms with Gasteiger partial charge < -0.3 is 30.0 Å². The first kappa shape index (κ1) is 31.0. The Morgan fingerprint density at radius 3 is 2.50 bits per heavy atom. The molecule has 1 aromatic carbocycles. The highest BCUT2D eigenvalue weighted by atomic mass is 19.4. The predicted molar refractivity (Wildman–Crippen MR) is 125 cm³/mol. The quantitative estimate of drug-likeness (QED) is 0.282. The zero-order chi connectivity index (χ0) is 27.0. The topological polar surface area (TPSA) is 123 Å². The maximum Gasteiger partial charge on any atom is 0.422 e. The molecule has 0 aromatic heterocycles. The fraction of sp³-hybridized carbons (Fsp3) is 0.625. The number of nitrogens with one attached hydrogen (secondary N) is 2. The van der Waals surface area contributed by atoms with Crippen LogP contribution in [0.1, 0.15) is 62.7 Å². The summed E-state index contributed by atoms with van der Waals surface area (Å²) in [4.78, 5) is 33.0. The van der Waals surface area contributed by atoms with Crippen LogP contribution in [-0.4, -0.2) is 68.1 Å². The number of aliphatic carboxylic acids is 1. The summed E-state index contributed by atoms with van der Waals surface area (Å²) in [6.45, 7) is 3.19. The predicted octanol–water partition coefficient (Wildman–Crippen LogP) is 3.70. The van der Waals surface area contributed by atoms with Gasteiger partial charge in [-0.2, -0.15) is 13.2 Å². The zero-order valence-electron chi connectivity index (χ0n) is 20.6. The zero-order valence-corrected chi connectivity index (χ0v) is 20.6. The van der Waals surface area contributed by atoms with Crippen molar-refractivity contribution in [2.45, 2.75) is 64.6 Å². The third kappa shape index (κ3) is 14.4. The molecule has 12 heteroatoms. The van der Waals surface area contributed by atoms with E-state index in [1.54, 1.807) is 6.92 Å². The van der Waals surface area contributed by atoms with Gasteiger partial charge in [0.25, 0.3) is 11.9 Å². The minimum atomic E-state index is -4.52. The highest BCUT2D eigenvalue weighted by molar-refractivity contribution is 5.97. The van der Waals surface area contributed by atoms with E-state index in [9.17, 15) is 22.8 Å². The molecule has 1 heterocycles. The van der Waals surface area contributed by atoms with Gasteiger partial charge in [0.1, 0.15) is 11.5 Å². The number of halogens is 3. The Bertz CT molecular complexity index is 824. The Balaban J connectivity index is 0.00000150. The van der Waals surface area contributed by atoms with Crippen LogP contribution < -0.4 is 20.1 Å². The lowest BCUT2D eigenvalue weighted by molar-refractivity contribution is -0.153. The Hall–Kier alpha value is -3.02. The van der Waals surface area contributed by atoms with E-state index in [4.69, 9.17) is 24.1 Å². The molecule has 0 spiro atoms. The number of hydrogen-bond donors (Lipinski definition) is 3. The van der Waals surface area contributed by atoms with Gasteiger partial charge in [-0.15, -0.1) is 0 Å². The Kier molecular flexibility index (Phi) is 14.3. The summed E-state index contributed by atoms with van der Waals surface area (Å²) in [5.41, 5.74) is -0.0194. The molecule has 9 nitrogen and oxygen atoms in total. The van der Waals surface area contributed by atoms with Crippen molar-refractivity contribution in [1.82, 2.24) is 10.6 Å². The van der Waals surface area contributed by atoms with Crippen LogP contribution in [0.25, 0.3) is 0 Å². The van der Waals surface area contributed by atoms with E-state index in [1.807, 2.05) is 0 Å². The fourth-order valence-corrected chi connectivity index (χ4v) is 3.27. The van der Waals surface area contributed by atoms with Crippen LogP contribution in [0.3, 0.4) is 0 Å². The largest absolute Gasteiger partial charge is 0.494 e. The second-order valence-corrected chi connectivity index (χ2v) is 8.05. The molecule has 204 valence electrons.